The maximum Gasteiger partial charge on any atom is 0.278 e. The van der Waals surface area contributed by atoms with Crippen molar-refractivity contribution in [1.82, 2.24) is 14.7 Å². The zero-order valence-corrected chi connectivity index (χ0v) is 15.9. The number of carbonyl (C=O) groups excluding carboxylic acids is 1. The van der Waals surface area contributed by atoms with Gasteiger partial charge in [0.2, 0.25) is 12.2 Å². The van der Waals surface area contributed by atoms with E-state index in [0.29, 0.717) is 17.2 Å². The molecule has 148 valence electrons. The Labute approximate surface area is 165 Å². The molecule has 0 bridgehead atoms. The number of hydrogen-bond acceptors (Lipinski definition) is 5. The highest BCUT2D eigenvalue weighted by molar-refractivity contribution is 5.91. The van der Waals surface area contributed by atoms with Crippen LogP contribution in [0.3, 0.4) is 0 Å². The lowest BCUT2D eigenvalue weighted by atomic mass is 10.2. The van der Waals surface area contributed by atoms with E-state index in [-0.39, 0.29) is 24.7 Å². The van der Waals surface area contributed by atoms with Crippen LogP contribution < -0.4 is 14.9 Å². The highest BCUT2D eigenvalue weighted by atomic mass is 19.1. The standard InChI is InChI=1S/C21H18FN3O4/c1-13-9-17(26)20(23-25(13)16-6-4-3-5-15(16)22)21(27)24(2)11-14-7-8-18-19(10-14)29-12-28-18/h3-10H,11-12H2,1-2H3. The van der Waals surface area contributed by atoms with Crippen LogP contribution in [0.4, 0.5) is 4.39 Å². The van der Waals surface area contributed by atoms with Gasteiger partial charge in [-0.1, -0.05) is 18.2 Å². The predicted molar refractivity (Wildman–Crippen MR) is 103 cm³/mol. The Morgan fingerprint density at radius 1 is 1.17 bits per heavy atom. The van der Waals surface area contributed by atoms with Crippen molar-refractivity contribution in [2.45, 2.75) is 13.5 Å². The highest BCUT2D eigenvalue weighted by Crippen LogP contribution is 2.32. The number of ether oxygens (including phenoxy) is 2. The molecule has 0 saturated carbocycles. The summed E-state index contributed by atoms with van der Waals surface area (Å²) in [5.41, 5.74) is 0.610. The molecule has 0 radical (unpaired) electrons. The number of nitrogens with zero attached hydrogens (tertiary/aromatic N) is 3. The molecule has 1 amide bonds. The van der Waals surface area contributed by atoms with Crippen molar-refractivity contribution in [2.75, 3.05) is 13.8 Å². The minimum Gasteiger partial charge on any atom is -0.454 e. The average Bonchev–Trinajstić information content (AvgIpc) is 3.16. The first-order valence-electron chi connectivity index (χ1n) is 8.94. The summed E-state index contributed by atoms with van der Waals surface area (Å²) in [6.45, 7) is 2.03. The number of para-hydroxylation sites is 1. The van der Waals surface area contributed by atoms with Gasteiger partial charge in [-0.05, 0) is 36.8 Å². The molecule has 0 aliphatic carbocycles. The number of carbonyl (C=O) groups is 1. The molecule has 2 heterocycles. The van der Waals surface area contributed by atoms with Crippen LogP contribution in [0.2, 0.25) is 0 Å². The van der Waals surface area contributed by atoms with Crippen LogP contribution in [-0.4, -0.2) is 34.4 Å². The molecule has 1 aromatic heterocycles. The number of amides is 1. The number of halogens is 1. The summed E-state index contributed by atoms with van der Waals surface area (Å²) in [6.07, 6.45) is 0. The zero-order chi connectivity index (χ0) is 20.5. The predicted octanol–water partition coefficient (Wildman–Crippen LogP) is 2.68. The molecular weight excluding hydrogens is 377 g/mol. The number of benzene rings is 2. The number of fused-ring (bicyclic) bond motifs is 1. The van der Waals surface area contributed by atoms with Crippen LogP contribution in [0.5, 0.6) is 11.5 Å². The van der Waals surface area contributed by atoms with Crippen molar-refractivity contribution in [3.63, 3.8) is 0 Å². The second kappa shape index (κ2) is 7.38. The van der Waals surface area contributed by atoms with Crippen molar-refractivity contribution < 1.29 is 18.7 Å². The third kappa shape index (κ3) is 3.56. The Morgan fingerprint density at radius 3 is 2.72 bits per heavy atom. The van der Waals surface area contributed by atoms with Gasteiger partial charge in [-0.2, -0.15) is 5.10 Å². The van der Waals surface area contributed by atoms with Crippen LogP contribution in [0.15, 0.2) is 53.3 Å². The largest absolute Gasteiger partial charge is 0.454 e. The monoisotopic (exact) mass is 395 g/mol. The number of rotatable bonds is 4. The summed E-state index contributed by atoms with van der Waals surface area (Å²) < 4.78 is 26.1. The summed E-state index contributed by atoms with van der Waals surface area (Å²) >= 11 is 0. The topological polar surface area (TPSA) is 73.7 Å². The molecule has 7 nitrogen and oxygen atoms in total. The molecule has 0 fully saturated rings. The number of hydrogen-bond donors (Lipinski definition) is 0. The van der Waals surface area contributed by atoms with E-state index >= 15 is 0 Å². The molecule has 0 unspecified atom stereocenters. The van der Waals surface area contributed by atoms with Gasteiger partial charge in [0.1, 0.15) is 11.5 Å². The van der Waals surface area contributed by atoms with Gasteiger partial charge in [0.05, 0.1) is 0 Å². The van der Waals surface area contributed by atoms with Crippen molar-refractivity contribution in [3.8, 4) is 17.2 Å². The quantitative estimate of drug-likeness (QED) is 0.679. The second-order valence-corrected chi connectivity index (χ2v) is 6.71. The van der Waals surface area contributed by atoms with Crippen molar-refractivity contribution >= 4 is 5.91 Å². The molecule has 8 heteroatoms. The molecule has 1 aliphatic heterocycles. The minimum atomic E-state index is -0.558. The van der Waals surface area contributed by atoms with E-state index in [1.807, 2.05) is 6.07 Å². The molecule has 0 N–H and O–H groups in total. The van der Waals surface area contributed by atoms with Crippen molar-refractivity contribution in [1.29, 1.82) is 0 Å². The van der Waals surface area contributed by atoms with E-state index in [4.69, 9.17) is 9.47 Å². The third-order valence-electron chi connectivity index (χ3n) is 4.59. The Bertz CT molecular complexity index is 1160. The molecule has 0 atom stereocenters. The Morgan fingerprint density at radius 2 is 1.93 bits per heavy atom. The van der Waals surface area contributed by atoms with E-state index in [2.05, 4.69) is 5.10 Å². The first-order valence-corrected chi connectivity index (χ1v) is 8.94. The average molecular weight is 395 g/mol. The zero-order valence-electron chi connectivity index (χ0n) is 15.9. The lowest BCUT2D eigenvalue weighted by Gasteiger charge is -2.18. The maximum absolute atomic E-state index is 14.2. The Hall–Kier alpha value is -3.68. The fraction of sp³-hybridized carbons (Fsp3) is 0.190. The Balaban J connectivity index is 1.63. The summed E-state index contributed by atoms with van der Waals surface area (Å²) in [5, 5.41) is 4.15. The van der Waals surface area contributed by atoms with Gasteiger partial charge in [0.25, 0.3) is 5.91 Å². The fourth-order valence-corrected chi connectivity index (χ4v) is 3.13. The minimum absolute atomic E-state index is 0.163. The normalized spacial score (nSPS) is 12.1. The number of aromatic nitrogens is 2. The smallest absolute Gasteiger partial charge is 0.278 e. The highest BCUT2D eigenvalue weighted by Gasteiger charge is 2.21. The summed E-state index contributed by atoms with van der Waals surface area (Å²) in [5.74, 6) is 0.200. The molecule has 29 heavy (non-hydrogen) atoms. The molecule has 2 aromatic carbocycles. The first kappa shape index (κ1) is 18.7. The molecule has 4 rings (SSSR count). The maximum atomic E-state index is 14.2. The lowest BCUT2D eigenvalue weighted by Crippen LogP contribution is -2.33. The van der Waals surface area contributed by atoms with Crippen molar-refractivity contribution in [2.24, 2.45) is 0 Å². The summed E-state index contributed by atoms with van der Waals surface area (Å²) in [6, 6.07) is 12.7. The SMILES string of the molecule is Cc1cc(=O)c(C(=O)N(C)Cc2ccc3c(c2)OCO3)nn1-c1ccccc1F. The third-order valence-corrected chi connectivity index (χ3v) is 4.59. The van der Waals surface area contributed by atoms with Gasteiger partial charge in [-0.3, -0.25) is 9.59 Å². The fourth-order valence-electron chi connectivity index (χ4n) is 3.13. The molecule has 3 aromatic rings. The lowest BCUT2D eigenvalue weighted by molar-refractivity contribution is 0.0775. The molecule has 1 aliphatic rings. The van der Waals surface area contributed by atoms with E-state index in [1.165, 1.54) is 27.8 Å². The van der Waals surface area contributed by atoms with Gasteiger partial charge >= 0.3 is 0 Å². The second-order valence-electron chi connectivity index (χ2n) is 6.71. The van der Waals surface area contributed by atoms with Gasteiger partial charge in [-0.15, -0.1) is 0 Å². The van der Waals surface area contributed by atoms with Gasteiger partial charge in [0.15, 0.2) is 17.2 Å². The van der Waals surface area contributed by atoms with Gasteiger partial charge in [0, 0.05) is 25.4 Å². The van der Waals surface area contributed by atoms with E-state index in [0.717, 1.165) is 5.56 Å². The van der Waals surface area contributed by atoms with Gasteiger partial charge < -0.3 is 14.4 Å². The summed E-state index contributed by atoms with van der Waals surface area (Å²) in [7, 11) is 1.57. The van der Waals surface area contributed by atoms with E-state index in [1.54, 1.807) is 38.2 Å². The Kier molecular flexibility index (Phi) is 4.75. The van der Waals surface area contributed by atoms with Gasteiger partial charge in [-0.25, -0.2) is 9.07 Å². The van der Waals surface area contributed by atoms with Crippen LogP contribution in [0, 0.1) is 12.7 Å². The van der Waals surface area contributed by atoms with Crippen molar-refractivity contribution in [3.05, 3.63) is 81.5 Å². The van der Waals surface area contributed by atoms with E-state index in [9.17, 15) is 14.0 Å². The van der Waals surface area contributed by atoms with Crippen LogP contribution in [-0.2, 0) is 6.54 Å². The molecule has 0 spiro atoms. The van der Waals surface area contributed by atoms with Crippen LogP contribution in [0.25, 0.3) is 5.69 Å². The first-order chi connectivity index (χ1) is 13.9. The van der Waals surface area contributed by atoms with Crippen LogP contribution >= 0.6 is 0 Å². The number of aryl methyl sites for hydroxylation is 1. The van der Waals surface area contributed by atoms with Crippen LogP contribution in [0.1, 0.15) is 21.7 Å². The molecular formula is C21H18FN3O4. The molecule has 0 saturated heterocycles. The van der Waals surface area contributed by atoms with E-state index < -0.39 is 17.2 Å². The summed E-state index contributed by atoms with van der Waals surface area (Å²) in [4.78, 5) is 26.7.